The monoisotopic (exact) mass is 509 g/mol. The number of benzene rings is 2. The van der Waals surface area contributed by atoms with Gasteiger partial charge in [-0.3, -0.25) is 4.79 Å². The van der Waals surface area contributed by atoms with Crippen LogP contribution < -0.4 is 9.47 Å². The molecule has 5 rings (SSSR count). The van der Waals surface area contributed by atoms with Crippen molar-refractivity contribution in [1.29, 1.82) is 0 Å². The molecule has 2 aliphatic carbocycles. The Balaban J connectivity index is 1.29. The lowest BCUT2D eigenvalue weighted by atomic mass is 9.97. The number of aliphatic carboxylic acids is 1. The SMILES string of the molecule is Cc1cc(F)c(COc2cc3c(cn2)[C@H]2[C@@H](C3)[C@@H]2C(=O)O)cc1-c1ccc(OCCC(C)(C)O)cc1F. The predicted molar refractivity (Wildman–Crippen MR) is 133 cm³/mol. The van der Waals surface area contributed by atoms with E-state index in [-0.39, 0.29) is 36.5 Å². The van der Waals surface area contributed by atoms with Crippen LogP contribution in [0.3, 0.4) is 0 Å². The molecule has 1 saturated carbocycles. The van der Waals surface area contributed by atoms with Crippen molar-refractivity contribution >= 4 is 5.97 Å². The molecule has 6 nitrogen and oxygen atoms in total. The van der Waals surface area contributed by atoms with E-state index in [0.29, 0.717) is 41.2 Å². The van der Waals surface area contributed by atoms with E-state index in [9.17, 15) is 23.8 Å². The average Bonchev–Trinajstić information content (AvgIpc) is 3.41. The van der Waals surface area contributed by atoms with Gasteiger partial charge in [0.25, 0.3) is 0 Å². The molecule has 1 aromatic heterocycles. The predicted octanol–water partition coefficient (Wildman–Crippen LogP) is 5.42. The zero-order chi connectivity index (χ0) is 26.5. The second-order valence-electron chi connectivity index (χ2n) is 10.6. The van der Waals surface area contributed by atoms with E-state index in [1.807, 2.05) is 0 Å². The number of ether oxygens (including phenoxy) is 2. The zero-order valence-corrected chi connectivity index (χ0v) is 20.9. The van der Waals surface area contributed by atoms with Crippen LogP contribution in [0.25, 0.3) is 11.1 Å². The molecule has 37 heavy (non-hydrogen) atoms. The van der Waals surface area contributed by atoms with Crippen LogP contribution in [0.1, 0.15) is 48.4 Å². The van der Waals surface area contributed by atoms with Crippen LogP contribution in [0.15, 0.2) is 42.6 Å². The number of rotatable bonds is 9. The summed E-state index contributed by atoms with van der Waals surface area (Å²) < 4.78 is 41.1. The van der Waals surface area contributed by atoms with E-state index >= 15 is 0 Å². The highest BCUT2D eigenvalue weighted by atomic mass is 19.1. The van der Waals surface area contributed by atoms with Crippen LogP contribution in [0.4, 0.5) is 8.78 Å². The molecule has 2 aliphatic rings. The summed E-state index contributed by atoms with van der Waals surface area (Å²) in [5, 5.41) is 19.1. The first-order valence-electron chi connectivity index (χ1n) is 12.3. The number of aryl methyl sites for hydroxylation is 1. The third-order valence-electron chi connectivity index (χ3n) is 7.25. The normalized spacial score (nSPS) is 19.8. The number of aliphatic hydroxyl groups is 1. The fraction of sp³-hybridized carbons (Fsp3) is 0.379. The number of halogens is 2. The van der Waals surface area contributed by atoms with Gasteiger partial charge >= 0.3 is 5.97 Å². The van der Waals surface area contributed by atoms with Gasteiger partial charge < -0.3 is 19.7 Å². The number of nitrogens with zero attached hydrogens (tertiary/aromatic N) is 1. The summed E-state index contributed by atoms with van der Waals surface area (Å²) in [4.78, 5) is 15.6. The molecule has 1 heterocycles. The van der Waals surface area contributed by atoms with Crippen LogP contribution in [-0.2, 0) is 17.8 Å². The molecule has 0 bridgehead atoms. The number of carboxylic acid groups (broad SMARTS) is 1. The van der Waals surface area contributed by atoms with Gasteiger partial charge in [-0.25, -0.2) is 13.8 Å². The highest BCUT2D eigenvalue weighted by Gasteiger charge is 2.59. The Bertz CT molecular complexity index is 1370. The Kier molecular flexibility index (Phi) is 6.40. The minimum atomic E-state index is -0.874. The van der Waals surface area contributed by atoms with Crippen molar-refractivity contribution in [3.63, 3.8) is 0 Å². The molecule has 0 aliphatic heterocycles. The molecule has 0 unspecified atom stereocenters. The number of hydrogen-bond donors (Lipinski definition) is 2. The van der Waals surface area contributed by atoms with Crippen LogP contribution >= 0.6 is 0 Å². The molecule has 0 saturated heterocycles. The molecule has 1 fully saturated rings. The molecular formula is C29H29F2NO5. The smallest absolute Gasteiger partial charge is 0.307 e. The van der Waals surface area contributed by atoms with Crippen molar-refractivity contribution in [2.75, 3.05) is 6.61 Å². The Morgan fingerprint density at radius 2 is 1.89 bits per heavy atom. The topological polar surface area (TPSA) is 88.9 Å². The fourth-order valence-electron chi connectivity index (χ4n) is 5.18. The lowest BCUT2D eigenvalue weighted by Gasteiger charge is -2.17. The first kappa shape index (κ1) is 25.1. The van der Waals surface area contributed by atoms with Crippen molar-refractivity contribution in [2.24, 2.45) is 11.8 Å². The highest BCUT2D eigenvalue weighted by molar-refractivity contribution is 5.77. The zero-order valence-electron chi connectivity index (χ0n) is 20.9. The highest BCUT2D eigenvalue weighted by Crippen LogP contribution is 2.61. The number of fused-ring (bicyclic) bond motifs is 3. The number of aromatic nitrogens is 1. The maximum absolute atomic E-state index is 15.0. The maximum Gasteiger partial charge on any atom is 0.307 e. The lowest BCUT2D eigenvalue weighted by Crippen LogP contribution is -2.21. The maximum atomic E-state index is 15.0. The van der Waals surface area contributed by atoms with Gasteiger partial charge in [-0.1, -0.05) is 0 Å². The number of pyridine rings is 1. The van der Waals surface area contributed by atoms with E-state index in [4.69, 9.17) is 9.47 Å². The third kappa shape index (κ3) is 5.16. The molecule has 3 atom stereocenters. The number of hydrogen-bond acceptors (Lipinski definition) is 5. The summed E-state index contributed by atoms with van der Waals surface area (Å²) in [6.45, 7) is 5.23. The van der Waals surface area contributed by atoms with E-state index < -0.39 is 23.2 Å². The van der Waals surface area contributed by atoms with E-state index in [1.165, 1.54) is 12.1 Å². The van der Waals surface area contributed by atoms with E-state index in [0.717, 1.165) is 11.1 Å². The second-order valence-corrected chi connectivity index (χ2v) is 10.6. The van der Waals surface area contributed by atoms with Crippen molar-refractivity contribution < 1.29 is 33.3 Å². The van der Waals surface area contributed by atoms with Crippen molar-refractivity contribution in [1.82, 2.24) is 4.98 Å². The largest absolute Gasteiger partial charge is 0.493 e. The van der Waals surface area contributed by atoms with Gasteiger partial charge in [0, 0.05) is 41.8 Å². The molecule has 3 aromatic rings. The fourth-order valence-corrected chi connectivity index (χ4v) is 5.18. The van der Waals surface area contributed by atoms with Gasteiger partial charge in [-0.2, -0.15) is 0 Å². The summed E-state index contributed by atoms with van der Waals surface area (Å²) in [5.41, 5.74) is 2.81. The average molecular weight is 510 g/mol. The summed E-state index contributed by atoms with van der Waals surface area (Å²) in [6, 6.07) is 9.26. The van der Waals surface area contributed by atoms with Crippen molar-refractivity contribution in [3.8, 4) is 22.8 Å². The Morgan fingerprint density at radius 1 is 1.11 bits per heavy atom. The van der Waals surface area contributed by atoms with Gasteiger partial charge in [0.1, 0.15) is 24.0 Å². The van der Waals surface area contributed by atoms with Gasteiger partial charge in [0.15, 0.2) is 0 Å². The van der Waals surface area contributed by atoms with Crippen LogP contribution in [0, 0.1) is 30.4 Å². The minimum absolute atomic E-state index is 0.0272. The third-order valence-corrected chi connectivity index (χ3v) is 7.25. The van der Waals surface area contributed by atoms with Crippen molar-refractivity contribution in [2.45, 2.75) is 51.7 Å². The number of carboxylic acids is 1. The lowest BCUT2D eigenvalue weighted by molar-refractivity contribution is -0.139. The summed E-state index contributed by atoms with van der Waals surface area (Å²) >= 11 is 0. The Morgan fingerprint density at radius 3 is 2.59 bits per heavy atom. The van der Waals surface area contributed by atoms with Gasteiger partial charge in [0.05, 0.1) is 18.1 Å². The van der Waals surface area contributed by atoms with E-state index in [1.54, 1.807) is 51.2 Å². The van der Waals surface area contributed by atoms with E-state index in [2.05, 4.69) is 4.98 Å². The standard InChI is InChI=1S/C29H29F2NO5/c1-15-8-23(30)17(10-20(15)19-5-4-18(12-24(19)31)36-7-6-29(2,3)35)14-37-25-11-16-9-21-26(22(16)13-32-25)27(21)28(33)34/h4-5,8,10-13,21,26-27,35H,6-7,9,14H2,1-3H3,(H,33,34)/t21-,26-,27+/m1/s1. The Labute approximate surface area is 213 Å². The summed E-state index contributed by atoms with van der Waals surface area (Å²) in [7, 11) is 0. The molecule has 0 radical (unpaired) electrons. The molecule has 8 heteroatoms. The van der Waals surface area contributed by atoms with Gasteiger partial charge in [-0.15, -0.1) is 0 Å². The minimum Gasteiger partial charge on any atom is -0.493 e. The first-order valence-corrected chi connectivity index (χ1v) is 12.3. The Hall–Kier alpha value is -3.52. The molecule has 2 N–H and O–H groups in total. The summed E-state index contributed by atoms with van der Waals surface area (Å²) in [5.74, 6) is -1.21. The molecule has 0 spiro atoms. The summed E-state index contributed by atoms with van der Waals surface area (Å²) in [6.07, 6.45) is 2.74. The molecule has 194 valence electrons. The molecule has 2 aromatic carbocycles. The van der Waals surface area contributed by atoms with Crippen LogP contribution in [0.2, 0.25) is 0 Å². The molecule has 0 amide bonds. The molecular weight excluding hydrogens is 480 g/mol. The first-order chi connectivity index (χ1) is 17.5. The van der Waals surface area contributed by atoms with Crippen LogP contribution in [-0.4, -0.2) is 33.4 Å². The quantitative estimate of drug-likeness (QED) is 0.400. The van der Waals surface area contributed by atoms with Gasteiger partial charge in [0.2, 0.25) is 5.88 Å². The van der Waals surface area contributed by atoms with Gasteiger partial charge in [-0.05, 0) is 79.6 Å². The van der Waals surface area contributed by atoms with Crippen molar-refractivity contribution in [3.05, 3.63) is 76.5 Å². The number of carbonyl (C=O) groups is 1. The second kappa shape index (κ2) is 9.41. The van der Waals surface area contributed by atoms with Crippen LogP contribution in [0.5, 0.6) is 11.6 Å².